The fourth-order valence-corrected chi connectivity index (χ4v) is 5.26. The van der Waals surface area contributed by atoms with Gasteiger partial charge in [0, 0.05) is 18.3 Å². The summed E-state index contributed by atoms with van der Waals surface area (Å²) in [6.45, 7) is 5.35. The first-order chi connectivity index (χ1) is 14.5. The number of pyridine rings is 1. The number of carbonyl (C=O) groups excluding carboxylic acids is 2. The molecule has 0 bridgehead atoms. The van der Waals surface area contributed by atoms with Gasteiger partial charge < -0.3 is 10.2 Å². The van der Waals surface area contributed by atoms with E-state index in [4.69, 9.17) is 0 Å². The summed E-state index contributed by atoms with van der Waals surface area (Å²) < 4.78 is 0. The van der Waals surface area contributed by atoms with E-state index in [1.165, 1.54) is 0 Å². The van der Waals surface area contributed by atoms with Gasteiger partial charge >= 0.3 is 0 Å². The van der Waals surface area contributed by atoms with Gasteiger partial charge in [-0.3, -0.25) is 14.6 Å². The van der Waals surface area contributed by atoms with Crippen molar-refractivity contribution in [2.45, 2.75) is 64.0 Å². The van der Waals surface area contributed by atoms with Crippen LogP contribution in [0.4, 0.5) is 0 Å². The summed E-state index contributed by atoms with van der Waals surface area (Å²) in [6, 6.07) is 13.4. The number of hydrogen-bond acceptors (Lipinski definition) is 3. The number of aromatic nitrogens is 1. The summed E-state index contributed by atoms with van der Waals surface area (Å²) in [5.41, 5.74) is 1.94. The predicted molar refractivity (Wildman–Crippen MR) is 117 cm³/mol. The lowest BCUT2D eigenvalue weighted by Crippen LogP contribution is -2.63. The number of nitrogens with one attached hydrogen (secondary N) is 1. The van der Waals surface area contributed by atoms with E-state index in [-0.39, 0.29) is 17.7 Å². The van der Waals surface area contributed by atoms with Crippen molar-refractivity contribution >= 4 is 11.8 Å². The lowest BCUT2D eigenvalue weighted by atomic mass is 9.65. The molecular weight excluding hydrogens is 374 g/mol. The molecule has 4 rings (SSSR count). The standard InChI is InChI=1S/C25H31N3O2/c1-18(2)17-28-24(30)21-12-5-4-11-20(21)22(25(28)13-7-3-8-14-25)23(29)27-16-19-10-6-9-15-26-19/h4-6,9-12,15,18,22H,3,7-8,13-14,16-17H2,1-2H3,(H,27,29)/t22-/m0/s1. The number of carbonyl (C=O) groups is 2. The Morgan fingerprint density at radius 1 is 1.13 bits per heavy atom. The molecular formula is C25H31N3O2. The van der Waals surface area contributed by atoms with Crippen LogP contribution in [0.2, 0.25) is 0 Å². The van der Waals surface area contributed by atoms with E-state index < -0.39 is 5.54 Å². The van der Waals surface area contributed by atoms with Gasteiger partial charge in [0.2, 0.25) is 5.91 Å². The van der Waals surface area contributed by atoms with Gasteiger partial charge in [-0.05, 0) is 42.5 Å². The molecule has 2 amide bonds. The van der Waals surface area contributed by atoms with Crippen LogP contribution < -0.4 is 5.32 Å². The van der Waals surface area contributed by atoms with Crippen molar-refractivity contribution in [1.29, 1.82) is 0 Å². The normalized spacial score (nSPS) is 20.3. The molecule has 2 heterocycles. The van der Waals surface area contributed by atoms with Gasteiger partial charge in [0.25, 0.3) is 5.91 Å². The van der Waals surface area contributed by atoms with Crippen molar-refractivity contribution in [2.75, 3.05) is 6.54 Å². The summed E-state index contributed by atoms with van der Waals surface area (Å²) >= 11 is 0. The highest BCUT2D eigenvalue weighted by molar-refractivity contribution is 6.02. The van der Waals surface area contributed by atoms with Gasteiger partial charge in [0.1, 0.15) is 0 Å². The Hall–Kier alpha value is -2.69. The molecule has 1 N–H and O–H groups in total. The Balaban J connectivity index is 1.74. The minimum absolute atomic E-state index is 0.00346. The second kappa shape index (κ2) is 8.58. The fourth-order valence-electron chi connectivity index (χ4n) is 5.26. The number of amides is 2. The quantitative estimate of drug-likeness (QED) is 0.807. The van der Waals surface area contributed by atoms with Crippen LogP contribution in [-0.4, -0.2) is 33.8 Å². The van der Waals surface area contributed by atoms with Crippen molar-refractivity contribution in [3.05, 3.63) is 65.5 Å². The summed E-state index contributed by atoms with van der Waals surface area (Å²) in [5.74, 6) is 0.0654. The second-order valence-corrected chi connectivity index (χ2v) is 9.03. The Labute approximate surface area is 178 Å². The predicted octanol–water partition coefficient (Wildman–Crippen LogP) is 4.30. The van der Waals surface area contributed by atoms with E-state index >= 15 is 0 Å². The molecule has 5 nitrogen and oxygen atoms in total. The van der Waals surface area contributed by atoms with E-state index in [2.05, 4.69) is 24.1 Å². The van der Waals surface area contributed by atoms with Gasteiger partial charge in [0.05, 0.1) is 23.7 Å². The zero-order chi connectivity index (χ0) is 21.1. The molecule has 5 heteroatoms. The van der Waals surface area contributed by atoms with E-state index in [9.17, 15) is 9.59 Å². The van der Waals surface area contributed by atoms with Gasteiger partial charge in [-0.25, -0.2) is 0 Å². The van der Waals surface area contributed by atoms with Crippen LogP contribution in [0.3, 0.4) is 0 Å². The molecule has 0 radical (unpaired) electrons. The lowest BCUT2D eigenvalue weighted by molar-refractivity contribution is -0.127. The van der Waals surface area contributed by atoms with Gasteiger partial charge in [-0.1, -0.05) is 57.4 Å². The van der Waals surface area contributed by atoms with Gasteiger partial charge in [0.15, 0.2) is 0 Å². The molecule has 158 valence electrons. The third-order valence-electron chi connectivity index (χ3n) is 6.52. The van der Waals surface area contributed by atoms with Crippen molar-refractivity contribution in [1.82, 2.24) is 15.2 Å². The Morgan fingerprint density at radius 3 is 2.57 bits per heavy atom. The molecule has 1 aromatic heterocycles. The molecule has 2 aliphatic rings. The third kappa shape index (κ3) is 3.73. The minimum Gasteiger partial charge on any atom is -0.350 e. The molecule has 2 aromatic rings. The van der Waals surface area contributed by atoms with E-state index in [0.717, 1.165) is 43.4 Å². The van der Waals surface area contributed by atoms with Gasteiger partial charge in [-0.15, -0.1) is 0 Å². The van der Waals surface area contributed by atoms with Crippen LogP contribution in [0.25, 0.3) is 0 Å². The van der Waals surface area contributed by atoms with Gasteiger partial charge in [-0.2, -0.15) is 0 Å². The molecule has 1 saturated carbocycles. The SMILES string of the molecule is CC(C)CN1C(=O)c2ccccc2[C@@H](C(=O)NCc2ccccn2)C12CCCCC2. The maximum atomic E-state index is 13.7. The monoisotopic (exact) mass is 405 g/mol. The van der Waals surface area contributed by atoms with E-state index in [0.29, 0.717) is 24.6 Å². The molecule has 1 aromatic carbocycles. The minimum atomic E-state index is -0.442. The summed E-state index contributed by atoms with van der Waals surface area (Å²) in [6.07, 6.45) is 6.75. The number of benzene rings is 1. The first kappa shape index (κ1) is 20.6. The maximum absolute atomic E-state index is 13.7. The smallest absolute Gasteiger partial charge is 0.254 e. The molecule has 0 saturated heterocycles. The Morgan fingerprint density at radius 2 is 1.87 bits per heavy atom. The van der Waals surface area contributed by atoms with Crippen LogP contribution in [-0.2, 0) is 11.3 Å². The molecule has 1 aliphatic heterocycles. The number of rotatable bonds is 5. The summed E-state index contributed by atoms with van der Waals surface area (Å²) in [7, 11) is 0. The van der Waals surface area contributed by atoms with Crippen LogP contribution in [0.15, 0.2) is 48.7 Å². The highest BCUT2D eigenvalue weighted by Crippen LogP contribution is 2.49. The van der Waals surface area contributed by atoms with Crippen LogP contribution in [0.5, 0.6) is 0 Å². The van der Waals surface area contributed by atoms with Crippen molar-refractivity contribution < 1.29 is 9.59 Å². The van der Waals surface area contributed by atoms with Crippen LogP contribution >= 0.6 is 0 Å². The summed E-state index contributed by atoms with van der Waals surface area (Å²) in [5, 5.41) is 3.13. The van der Waals surface area contributed by atoms with Crippen LogP contribution in [0, 0.1) is 5.92 Å². The molecule has 30 heavy (non-hydrogen) atoms. The zero-order valence-corrected chi connectivity index (χ0v) is 17.9. The average Bonchev–Trinajstić information content (AvgIpc) is 2.77. The highest BCUT2D eigenvalue weighted by Gasteiger charge is 2.54. The van der Waals surface area contributed by atoms with Crippen molar-refractivity contribution in [3.63, 3.8) is 0 Å². The number of fused-ring (bicyclic) bond motifs is 1. The lowest BCUT2D eigenvalue weighted by Gasteiger charge is -2.54. The summed E-state index contributed by atoms with van der Waals surface area (Å²) in [4.78, 5) is 33.6. The molecule has 0 unspecified atom stereocenters. The van der Waals surface area contributed by atoms with Crippen molar-refractivity contribution in [2.24, 2.45) is 5.92 Å². The van der Waals surface area contributed by atoms with E-state index in [1.807, 2.05) is 47.4 Å². The molecule has 1 spiro atoms. The molecule has 1 atom stereocenters. The highest BCUT2D eigenvalue weighted by atomic mass is 16.2. The molecule has 1 aliphatic carbocycles. The Bertz CT molecular complexity index is 904. The first-order valence-electron chi connectivity index (χ1n) is 11.1. The largest absolute Gasteiger partial charge is 0.350 e. The maximum Gasteiger partial charge on any atom is 0.254 e. The Kier molecular flexibility index (Phi) is 5.89. The zero-order valence-electron chi connectivity index (χ0n) is 17.9. The van der Waals surface area contributed by atoms with E-state index in [1.54, 1.807) is 6.20 Å². The molecule has 1 fully saturated rings. The number of hydrogen-bond donors (Lipinski definition) is 1. The third-order valence-corrected chi connectivity index (χ3v) is 6.52. The van der Waals surface area contributed by atoms with Crippen molar-refractivity contribution in [3.8, 4) is 0 Å². The fraction of sp³-hybridized carbons (Fsp3) is 0.480. The van der Waals surface area contributed by atoms with Crippen LogP contribution in [0.1, 0.15) is 73.5 Å². The first-order valence-corrected chi connectivity index (χ1v) is 11.1. The second-order valence-electron chi connectivity index (χ2n) is 9.03. The number of nitrogens with zero attached hydrogens (tertiary/aromatic N) is 2. The average molecular weight is 406 g/mol. The topological polar surface area (TPSA) is 62.3 Å².